The van der Waals surface area contributed by atoms with Crippen molar-refractivity contribution in [3.05, 3.63) is 11.6 Å². The predicted octanol–water partition coefficient (Wildman–Crippen LogP) is 5.24. The molecule has 5 rings (SSSR count). The third-order valence-electron chi connectivity index (χ3n) is 11.2. The van der Waals surface area contributed by atoms with E-state index >= 15 is 0 Å². The van der Waals surface area contributed by atoms with Gasteiger partial charge in [0.2, 0.25) is 0 Å². The molecule has 5 aliphatic rings. The Labute approximate surface area is 226 Å². The van der Waals surface area contributed by atoms with E-state index in [0.29, 0.717) is 49.3 Å². The van der Waals surface area contributed by atoms with Crippen LogP contribution in [0.3, 0.4) is 0 Å². The van der Waals surface area contributed by atoms with Crippen LogP contribution in [0.5, 0.6) is 0 Å². The number of allylic oxidation sites excluding steroid dienone is 1. The molecule has 3 saturated carbocycles. The molecular weight excluding hydrogens is 485 g/mol. The van der Waals surface area contributed by atoms with Gasteiger partial charge in [-0.05, 0) is 93.0 Å². The number of hydrogen-bond acceptors (Lipinski definition) is 6. The number of alkyl halides is 1. The molecule has 1 N–H and O–H groups in total. The van der Waals surface area contributed by atoms with E-state index in [2.05, 4.69) is 24.3 Å². The quantitative estimate of drug-likeness (QED) is 0.277. The molecule has 1 saturated heterocycles. The Balaban J connectivity index is 1.23. The van der Waals surface area contributed by atoms with Crippen molar-refractivity contribution < 1.29 is 23.6 Å². The van der Waals surface area contributed by atoms with Crippen LogP contribution in [0.1, 0.15) is 85.0 Å². The molecule has 38 heavy (non-hydrogen) atoms. The van der Waals surface area contributed by atoms with Crippen LogP contribution in [0.25, 0.3) is 0 Å². The Hall–Kier alpha value is -2.09. The lowest BCUT2D eigenvalue weighted by atomic mass is 9.46. The van der Waals surface area contributed by atoms with Crippen molar-refractivity contribution in [1.82, 2.24) is 10.2 Å². The number of oxime groups is 1. The summed E-state index contributed by atoms with van der Waals surface area (Å²) in [7, 11) is 0. The Bertz CT molecular complexity index is 1030. The summed E-state index contributed by atoms with van der Waals surface area (Å²) >= 11 is 0. The maximum atomic E-state index is 13.2. The molecule has 4 fully saturated rings. The molecule has 7 atom stereocenters. The number of nitrogens with zero attached hydrogens (tertiary/aromatic N) is 2. The third-order valence-corrected chi connectivity index (χ3v) is 11.2. The van der Waals surface area contributed by atoms with Gasteiger partial charge >= 0.3 is 6.09 Å². The molecule has 4 aliphatic carbocycles. The van der Waals surface area contributed by atoms with Crippen molar-refractivity contribution in [2.45, 2.75) is 91.0 Å². The summed E-state index contributed by atoms with van der Waals surface area (Å²) in [5.41, 5.74) is 2.52. The van der Waals surface area contributed by atoms with Crippen LogP contribution in [-0.4, -0.2) is 60.6 Å². The molecule has 1 heterocycles. The minimum Gasteiger partial charge on any atom is -0.307 e. The first-order chi connectivity index (χ1) is 18.2. The number of ketones is 2. The average Bonchev–Trinajstić information content (AvgIpc) is 3.47. The van der Waals surface area contributed by atoms with E-state index in [-0.39, 0.29) is 41.7 Å². The number of hydrogen-bond donors (Lipinski definition) is 1. The topological polar surface area (TPSA) is 88.1 Å². The van der Waals surface area contributed by atoms with Crippen molar-refractivity contribution in [3.63, 3.8) is 0 Å². The van der Waals surface area contributed by atoms with E-state index in [4.69, 9.17) is 4.84 Å². The number of carbonyl (C=O) groups excluding carboxylic acids is 3. The highest BCUT2D eigenvalue weighted by molar-refractivity contribution is 5.91. The van der Waals surface area contributed by atoms with Gasteiger partial charge in [0.05, 0.1) is 18.3 Å². The molecule has 1 unspecified atom stereocenters. The first-order valence-electron chi connectivity index (χ1n) is 14.7. The molecule has 0 spiro atoms. The van der Waals surface area contributed by atoms with E-state index in [9.17, 15) is 18.8 Å². The lowest BCUT2D eigenvalue weighted by molar-refractivity contribution is -0.119. The zero-order chi connectivity index (χ0) is 27.1. The standard InChI is InChI=1S/C30H44FN3O4/c1-19(33-38-28(37)34(17-14-31)16-11-26-27(36)10-15-32-26)23-6-7-24-22-5-4-20-18-21(35)8-12-29(20,2)25(22)9-13-30(23,24)3/h18,22-26,32H,4-17H2,1-3H3/b33-19+/t22-,23+,24-,25-,26?,29-,30+/m0/s1. The van der Waals surface area contributed by atoms with Crippen molar-refractivity contribution in [3.8, 4) is 0 Å². The maximum Gasteiger partial charge on any atom is 0.436 e. The number of carbonyl (C=O) groups is 3. The number of amides is 1. The fourth-order valence-electron chi connectivity index (χ4n) is 9.08. The summed E-state index contributed by atoms with van der Waals surface area (Å²) in [6, 6.07) is -0.275. The fraction of sp³-hybridized carbons (Fsp3) is 0.800. The van der Waals surface area contributed by atoms with Crippen molar-refractivity contribution in [2.75, 3.05) is 26.3 Å². The Morgan fingerprint density at radius 1 is 1.11 bits per heavy atom. The van der Waals surface area contributed by atoms with Crippen LogP contribution < -0.4 is 5.32 Å². The average molecular weight is 530 g/mol. The number of halogens is 1. The van der Waals surface area contributed by atoms with Gasteiger partial charge in [0, 0.05) is 31.8 Å². The molecule has 7 nitrogen and oxygen atoms in total. The summed E-state index contributed by atoms with van der Waals surface area (Å²) < 4.78 is 13.2. The normalized spacial score (nSPS) is 38.8. The van der Waals surface area contributed by atoms with Crippen molar-refractivity contribution in [1.29, 1.82) is 0 Å². The summed E-state index contributed by atoms with van der Waals surface area (Å²) in [6.07, 6.45) is 10.6. The van der Waals surface area contributed by atoms with Gasteiger partial charge in [-0.2, -0.15) is 0 Å². The summed E-state index contributed by atoms with van der Waals surface area (Å²) in [4.78, 5) is 43.5. The van der Waals surface area contributed by atoms with Crippen LogP contribution in [0.15, 0.2) is 16.8 Å². The predicted molar refractivity (Wildman–Crippen MR) is 143 cm³/mol. The molecule has 8 heteroatoms. The van der Waals surface area contributed by atoms with Gasteiger partial charge in [0.25, 0.3) is 0 Å². The van der Waals surface area contributed by atoms with E-state index in [0.717, 1.165) is 44.2 Å². The lowest BCUT2D eigenvalue weighted by Crippen LogP contribution is -2.51. The molecule has 1 amide bonds. The molecule has 0 aromatic heterocycles. The van der Waals surface area contributed by atoms with Gasteiger partial charge in [-0.1, -0.05) is 24.6 Å². The van der Waals surface area contributed by atoms with E-state index in [1.165, 1.54) is 16.9 Å². The molecule has 0 aromatic rings. The summed E-state index contributed by atoms with van der Waals surface area (Å²) in [5.74, 6) is 2.61. The second-order valence-corrected chi connectivity index (χ2v) is 12.9. The van der Waals surface area contributed by atoms with Crippen LogP contribution in [0, 0.1) is 34.5 Å². The second-order valence-electron chi connectivity index (χ2n) is 12.9. The minimum absolute atomic E-state index is 0.0681. The van der Waals surface area contributed by atoms with Crippen molar-refractivity contribution >= 4 is 23.4 Å². The largest absolute Gasteiger partial charge is 0.436 e. The van der Waals surface area contributed by atoms with Crippen LogP contribution >= 0.6 is 0 Å². The Morgan fingerprint density at radius 3 is 2.66 bits per heavy atom. The smallest absolute Gasteiger partial charge is 0.307 e. The Kier molecular flexibility index (Phi) is 7.82. The second kappa shape index (κ2) is 10.8. The maximum absolute atomic E-state index is 13.2. The summed E-state index contributed by atoms with van der Waals surface area (Å²) in [5, 5.41) is 7.44. The molecule has 0 radical (unpaired) electrons. The van der Waals surface area contributed by atoms with Crippen molar-refractivity contribution in [2.24, 2.45) is 39.7 Å². The van der Waals surface area contributed by atoms with Gasteiger partial charge in [-0.15, -0.1) is 0 Å². The van der Waals surface area contributed by atoms with E-state index in [1.807, 2.05) is 13.0 Å². The zero-order valence-electron chi connectivity index (χ0n) is 23.3. The molecule has 1 aliphatic heterocycles. The van der Waals surface area contributed by atoms with Gasteiger partial charge in [-0.3, -0.25) is 14.4 Å². The van der Waals surface area contributed by atoms with Gasteiger partial charge in [0.15, 0.2) is 11.6 Å². The molecule has 210 valence electrons. The first-order valence-corrected chi connectivity index (χ1v) is 14.7. The molecular formula is C30H44FN3O4. The first kappa shape index (κ1) is 27.5. The monoisotopic (exact) mass is 529 g/mol. The highest BCUT2D eigenvalue weighted by Crippen LogP contribution is 2.66. The zero-order valence-corrected chi connectivity index (χ0v) is 23.3. The Morgan fingerprint density at radius 2 is 1.92 bits per heavy atom. The highest BCUT2D eigenvalue weighted by atomic mass is 19.1. The fourth-order valence-corrected chi connectivity index (χ4v) is 9.08. The van der Waals surface area contributed by atoms with E-state index < -0.39 is 12.8 Å². The number of fused-ring (bicyclic) bond motifs is 5. The number of nitrogens with one attached hydrogen (secondary N) is 1. The third kappa shape index (κ3) is 4.86. The van der Waals surface area contributed by atoms with Gasteiger partial charge in [0.1, 0.15) is 6.67 Å². The number of rotatable bonds is 7. The number of Topliss-reactive ketones (excluding diaryl/α,β-unsaturated/α-hetero) is 1. The highest BCUT2D eigenvalue weighted by Gasteiger charge is 2.59. The molecule has 0 aromatic carbocycles. The minimum atomic E-state index is -0.668. The van der Waals surface area contributed by atoms with Gasteiger partial charge in [-0.25, -0.2) is 9.18 Å². The summed E-state index contributed by atoms with van der Waals surface area (Å²) in [6.45, 7) is 6.96. The SMILES string of the molecule is C/C(=N\OC(=O)N(CCF)CCC1NCCC1=O)[C@H]1CC[C@H]2[C@@H]3CCC4=CC(=O)CC[C@]4(C)[C@H]3CC[C@]12C. The van der Waals surface area contributed by atoms with Gasteiger partial charge < -0.3 is 10.2 Å². The van der Waals surface area contributed by atoms with E-state index in [1.54, 1.807) is 0 Å². The van der Waals surface area contributed by atoms with Crippen LogP contribution in [-0.2, 0) is 14.4 Å². The van der Waals surface area contributed by atoms with Crippen LogP contribution in [0.2, 0.25) is 0 Å². The molecule has 0 bridgehead atoms. The van der Waals surface area contributed by atoms with Crippen LogP contribution in [0.4, 0.5) is 9.18 Å². The lowest BCUT2D eigenvalue weighted by Gasteiger charge is -2.58.